The number of hydrogen-bond acceptors (Lipinski definition) is 4. The SMILES string of the molecule is CC(C)(C)c1ccn(C(=O)[O-])c1-c1cccc(OCC(=O)Nc2ccc(Cl)c(C(F)(F)F)c2)c1. The van der Waals surface area contributed by atoms with Crippen molar-refractivity contribution in [3.8, 4) is 17.0 Å². The van der Waals surface area contributed by atoms with Gasteiger partial charge in [-0.25, -0.2) is 0 Å². The third-order valence-electron chi connectivity index (χ3n) is 4.92. The molecule has 3 rings (SSSR count). The number of halogens is 4. The Morgan fingerprint density at radius 3 is 2.38 bits per heavy atom. The molecule has 3 aromatic rings. The highest BCUT2D eigenvalue weighted by Crippen LogP contribution is 2.37. The number of ether oxygens (including phenoxy) is 1. The van der Waals surface area contributed by atoms with Gasteiger partial charge >= 0.3 is 6.18 Å². The predicted octanol–water partition coefficient (Wildman–Crippen LogP) is 5.33. The highest BCUT2D eigenvalue weighted by atomic mass is 35.5. The number of carbonyl (C=O) groups excluding carboxylic acids is 2. The van der Waals surface area contributed by atoms with Crippen molar-refractivity contribution < 1.29 is 32.6 Å². The van der Waals surface area contributed by atoms with E-state index in [-0.39, 0.29) is 16.9 Å². The standard InChI is InChI=1S/C24H22ClF3N2O4/c1-23(2,3)17-9-10-30(22(32)33)21(17)14-5-4-6-16(11-14)34-13-20(31)29-15-7-8-19(25)18(12-15)24(26,27)28/h4-12H,13H2,1-3H3,(H,29,31)(H,32,33)/p-1. The fourth-order valence-electron chi connectivity index (χ4n) is 3.38. The summed E-state index contributed by atoms with van der Waals surface area (Å²) in [5.41, 5.74) is 0.218. The number of carboxylic acid groups (broad SMARTS) is 1. The van der Waals surface area contributed by atoms with Crippen LogP contribution in [0.3, 0.4) is 0 Å². The minimum atomic E-state index is -4.66. The van der Waals surface area contributed by atoms with Crippen LogP contribution in [0.15, 0.2) is 54.7 Å². The molecule has 1 heterocycles. The van der Waals surface area contributed by atoms with E-state index in [0.29, 0.717) is 11.3 Å². The molecule has 0 spiro atoms. The van der Waals surface area contributed by atoms with Crippen molar-refractivity contribution in [2.75, 3.05) is 11.9 Å². The number of alkyl halides is 3. The summed E-state index contributed by atoms with van der Waals surface area (Å²) in [5.74, 6) is -0.417. The topological polar surface area (TPSA) is 83.4 Å². The Labute approximate surface area is 198 Å². The first-order valence-corrected chi connectivity index (χ1v) is 10.5. The van der Waals surface area contributed by atoms with E-state index < -0.39 is 35.4 Å². The van der Waals surface area contributed by atoms with Crippen molar-refractivity contribution in [2.24, 2.45) is 0 Å². The van der Waals surface area contributed by atoms with Crippen molar-refractivity contribution >= 4 is 29.3 Å². The van der Waals surface area contributed by atoms with Crippen LogP contribution in [0.4, 0.5) is 23.7 Å². The molecule has 0 saturated heterocycles. The molecule has 0 atom stereocenters. The van der Waals surface area contributed by atoms with Crippen molar-refractivity contribution in [1.29, 1.82) is 0 Å². The van der Waals surface area contributed by atoms with E-state index in [1.54, 1.807) is 30.3 Å². The number of amides is 1. The molecule has 1 aromatic heterocycles. The Bertz CT molecular complexity index is 1230. The number of nitrogens with zero attached hydrogens (tertiary/aromatic N) is 1. The van der Waals surface area contributed by atoms with Crippen LogP contribution < -0.4 is 15.2 Å². The first kappa shape index (κ1) is 25.2. The van der Waals surface area contributed by atoms with Gasteiger partial charge in [0.2, 0.25) is 0 Å². The molecule has 0 saturated carbocycles. The maximum Gasteiger partial charge on any atom is 0.417 e. The molecule has 34 heavy (non-hydrogen) atoms. The number of benzene rings is 2. The molecule has 0 unspecified atom stereocenters. The summed E-state index contributed by atoms with van der Waals surface area (Å²) >= 11 is 5.59. The second kappa shape index (κ2) is 9.42. The number of rotatable bonds is 5. The Hall–Kier alpha value is -3.46. The highest BCUT2D eigenvalue weighted by Gasteiger charge is 2.33. The maximum atomic E-state index is 13.0. The Kier molecular flexibility index (Phi) is 6.97. The van der Waals surface area contributed by atoms with E-state index in [2.05, 4.69) is 5.32 Å². The maximum absolute atomic E-state index is 13.0. The van der Waals surface area contributed by atoms with Crippen molar-refractivity contribution in [1.82, 2.24) is 4.57 Å². The van der Waals surface area contributed by atoms with E-state index in [4.69, 9.17) is 16.3 Å². The number of carbonyl (C=O) groups is 2. The summed E-state index contributed by atoms with van der Waals surface area (Å²) in [6.45, 7) is 5.34. The van der Waals surface area contributed by atoms with Crippen LogP contribution in [0.25, 0.3) is 11.3 Å². The fourth-order valence-corrected chi connectivity index (χ4v) is 3.61. The quantitative estimate of drug-likeness (QED) is 0.520. The first-order chi connectivity index (χ1) is 15.8. The van der Waals surface area contributed by atoms with Gasteiger partial charge in [-0.3, -0.25) is 4.79 Å². The molecular weight excluding hydrogens is 473 g/mol. The van der Waals surface area contributed by atoms with Crippen LogP contribution >= 0.6 is 11.6 Å². The van der Waals surface area contributed by atoms with Crippen molar-refractivity contribution in [3.05, 3.63) is 70.9 Å². The molecule has 10 heteroatoms. The van der Waals surface area contributed by atoms with Gasteiger partial charge < -0.3 is 24.5 Å². The molecule has 0 radical (unpaired) electrons. The van der Waals surface area contributed by atoms with E-state index in [1.165, 1.54) is 12.3 Å². The average Bonchev–Trinajstić information content (AvgIpc) is 3.19. The second-order valence-electron chi connectivity index (χ2n) is 8.52. The first-order valence-electron chi connectivity index (χ1n) is 10.1. The summed E-state index contributed by atoms with van der Waals surface area (Å²) in [4.78, 5) is 23.8. The Morgan fingerprint density at radius 2 is 1.76 bits per heavy atom. The summed E-state index contributed by atoms with van der Waals surface area (Å²) in [5, 5.41) is 13.5. The zero-order valence-electron chi connectivity index (χ0n) is 18.5. The lowest BCUT2D eigenvalue weighted by molar-refractivity contribution is -0.250. The lowest BCUT2D eigenvalue weighted by atomic mass is 9.85. The van der Waals surface area contributed by atoms with Crippen molar-refractivity contribution in [2.45, 2.75) is 32.4 Å². The van der Waals surface area contributed by atoms with E-state index in [0.717, 1.165) is 22.3 Å². The summed E-state index contributed by atoms with van der Waals surface area (Å²) < 4.78 is 45.5. The summed E-state index contributed by atoms with van der Waals surface area (Å²) in [7, 11) is 0. The largest absolute Gasteiger partial charge is 0.529 e. The van der Waals surface area contributed by atoms with Crippen LogP contribution in [0.1, 0.15) is 31.9 Å². The lowest BCUT2D eigenvalue weighted by Gasteiger charge is -2.22. The number of hydrogen-bond donors (Lipinski definition) is 1. The normalized spacial score (nSPS) is 11.9. The average molecular weight is 494 g/mol. The number of aromatic nitrogens is 1. The Morgan fingerprint density at radius 1 is 1.06 bits per heavy atom. The van der Waals surface area contributed by atoms with E-state index >= 15 is 0 Å². The second-order valence-corrected chi connectivity index (χ2v) is 8.93. The molecule has 0 aliphatic rings. The molecule has 1 N–H and O–H groups in total. The van der Waals surface area contributed by atoms with Gasteiger partial charge in [-0.2, -0.15) is 13.2 Å². The van der Waals surface area contributed by atoms with Gasteiger partial charge in [-0.05, 0) is 47.4 Å². The monoisotopic (exact) mass is 493 g/mol. The Balaban J connectivity index is 1.77. The minimum Gasteiger partial charge on any atom is -0.529 e. The molecule has 2 aromatic carbocycles. The van der Waals surface area contributed by atoms with Gasteiger partial charge in [0, 0.05) is 17.4 Å². The summed E-state index contributed by atoms with van der Waals surface area (Å²) in [6, 6.07) is 11.2. The summed E-state index contributed by atoms with van der Waals surface area (Å²) in [6.07, 6.45) is -4.64. The molecular formula is C24H21ClF3N2O4-. The molecule has 6 nitrogen and oxygen atoms in total. The third-order valence-corrected chi connectivity index (χ3v) is 5.25. The van der Waals surface area contributed by atoms with E-state index in [1.807, 2.05) is 20.8 Å². The van der Waals surface area contributed by atoms with Crippen LogP contribution in [0, 0.1) is 0 Å². The number of anilines is 1. The van der Waals surface area contributed by atoms with Gasteiger partial charge in [0.25, 0.3) is 5.91 Å². The lowest BCUT2D eigenvalue weighted by Crippen LogP contribution is -2.29. The zero-order chi connectivity index (χ0) is 25.3. The molecule has 0 aliphatic carbocycles. The smallest absolute Gasteiger partial charge is 0.417 e. The zero-order valence-corrected chi connectivity index (χ0v) is 19.3. The molecule has 0 bridgehead atoms. The molecule has 0 aliphatic heterocycles. The van der Waals surface area contributed by atoms with Crippen LogP contribution in [-0.4, -0.2) is 23.2 Å². The van der Waals surface area contributed by atoms with Crippen LogP contribution in [-0.2, 0) is 16.4 Å². The van der Waals surface area contributed by atoms with Gasteiger partial charge in [0.05, 0.1) is 16.3 Å². The van der Waals surface area contributed by atoms with E-state index in [9.17, 15) is 27.9 Å². The number of nitrogens with one attached hydrogen (secondary N) is 1. The molecule has 180 valence electrons. The fraction of sp³-hybridized carbons (Fsp3) is 0.250. The molecule has 1 amide bonds. The van der Waals surface area contributed by atoms with Gasteiger partial charge in [-0.1, -0.05) is 44.5 Å². The van der Waals surface area contributed by atoms with Gasteiger partial charge in [-0.15, -0.1) is 0 Å². The highest BCUT2D eigenvalue weighted by molar-refractivity contribution is 6.31. The van der Waals surface area contributed by atoms with Crippen LogP contribution in [0.2, 0.25) is 5.02 Å². The predicted molar refractivity (Wildman–Crippen MR) is 120 cm³/mol. The van der Waals surface area contributed by atoms with Crippen LogP contribution in [0.5, 0.6) is 5.75 Å². The minimum absolute atomic E-state index is 0.0827. The molecule has 0 fully saturated rings. The van der Waals surface area contributed by atoms with Crippen molar-refractivity contribution in [3.63, 3.8) is 0 Å². The van der Waals surface area contributed by atoms with Gasteiger partial charge in [0.1, 0.15) is 11.8 Å². The third kappa shape index (κ3) is 5.72. The van der Waals surface area contributed by atoms with Gasteiger partial charge in [0.15, 0.2) is 6.61 Å².